The molecule has 0 N–H and O–H groups in total. The predicted octanol–water partition coefficient (Wildman–Crippen LogP) is 16.1. The zero-order valence-electron chi connectivity index (χ0n) is 34.6. The van der Waals surface area contributed by atoms with Crippen LogP contribution in [0.4, 0.5) is 0 Å². The van der Waals surface area contributed by atoms with Gasteiger partial charge in [0.2, 0.25) is 0 Å². The van der Waals surface area contributed by atoms with Gasteiger partial charge in [0.1, 0.15) is 5.82 Å². The molecule has 0 amide bonds. The van der Waals surface area contributed by atoms with Gasteiger partial charge in [0.15, 0.2) is 11.6 Å². The van der Waals surface area contributed by atoms with Gasteiger partial charge in [-0.2, -0.15) is 0 Å². The summed E-state index contributed by atoms with van der Waals surface area (Å²) in [7, 11) is 0. The first-order valence-corrected chi connectivity index (χ1v) is 22.8. The maximum atomic E-state index is 5.17. The Balaban J connectivity index is 1.21. The Morgan fingerprint density at radius 1 is 0.540 bits per heavy atom. The van der Waals surface area contributed by atoms with Crippen molar-refractivity contribution in [3.63, 3.8) is 0 Å². The van der Waals surface area contributed by atoms with Crippen LogP contribution in [0.25, 0.3) is 108 Å². The molecule has 0 atom stereocenters. The average molecular weight is 845 g/mol. The van der Waals surface area contributed by atoms with Crippen molar-refractivity contribution in [1.82, 2.24) is 19.5 Å². The maximum absolute atomic E-state index is 5.17. The molecule has 0 unspecified atom stereocenters. The van der Waals surface area contributed by atoms with Gasteiger partial charge in [-0.05, 0) is 54.4 Å². The SMILES string of the molecule is C=C/C=C\C=C\c1cc(-c2nc(C/C=C\C=C/C)nc(-c3ccccc3)n2)cc(-c2ccccc2)c1-n1c2ccccc2c2c3sc4c(ccc5sc6ccccc6c54)c3ccc21. The Bertz CT molecular complexity index is 3680. The van der Waals surface area contributed by atoms with Crippen LogP contribution in [0.5, 0.6) is 0 Å². The second-order valence-corrected chi connectivity index (χ2v) is 17.5. The van der Waals surface area contributed by atoms with E-state index in [9.17, 15) is 0 Å². The summed E-state index contributed by atoms with van der Waals surface area (Å²) in [6, 6.07) is 52.4. The van der Waals surface area contributed by atoms with E-state index in [2.05, 4.69) is 157 Å². The highest BCUT2D eigenvalue weighted by Crippen LogP contribution is 2.49. The highest BCUT2D eigenvalue weighted by molar-refractivity contribution is 7.30. The van der Waals surface area contributed by atoms with Gasteiger partial charge >= 0.3 is 0 Å². The lowest BCUT2D eigenvalue weighted by Crippen LogP contribution is -2.05. The molecule has 7 aromatic carbocycles. The quantitative estimate of drug-likeness (QED) is 0.129. The van der Waals surface area contributed by atoms with Crippen molar-refractivity contribution >= 4 is 90.9 Å². The van der Waals surface area contributed by atoms with E-state index in [1.807, 2.05) is 78.2 Å². The molecule has 0 saturated heterocycles. The minimum atomic E-state index is 0.574. The first-order chi connectivity index (χ1) is 31.2. The van der Waals surface area contributed by atoms with E-state index >= 15 is 0 Å². The fourth-order valence-corrected chi connectivity index (χ4v) is 11.4. The third kappa shape index (κ3) is 6.81. The minimum absolute atomic E-state index is 0.574. The number of fused-ring (bicyclic) bond motifs is 11. The summed E-state index contributed by atoms with van der Waals surface area (Å²) in [5.41, 5.74) is 8.43. The van der Waals surface area contributed by atoms with Gasteiger partial charge in [-0.25, -0.2) is 15.0 Å². The largest absolute Gasteiger partial charge is 0.308 e. The van der Waals surface area contributed by atoms with Crippen molar-refractivity contribution < 1.29 is 0 Å². The molecular weight excluding hydrogens is 805 g/mol. The number of hydrogen-bond acceptors (Lipinski definition) is 5. The van der Waals surface area contributed by atoms with E-state index in [1.165, 1.54) is 51.1 Å². The highest BCUT2D eigenvalue weighted by Gasteiger charge is 2.24. The van der Waals surface area contributed by atoms with E-state index in [1.54, 1.807) is 6.08 Å². The van der Waals surface area contributed by atoms with Crippen LogP contribution in [-0.4, -0.2) is 19.5 Å². The number of hydrogen-bond donors (Lipinski definition) is 0. The lowest BCUT2D eigenvalue weighted by atomic mass is 9.95. The molecule has 4 aromatic heterocycles. The van der Waals surface area contributed by atoms with Crippen LogP contribution in [0.1, 0.15) is 18.3 Å². The van der Waals surface area contributed by atoms with Gasteiger partial charge in [-0.3, -0.25) is 0 Å². The molecule has 4 heterocycles. The van der Waals surface area contributed by atoms with Crippen LogP contribution in [0, 0.1) is 0 Å². The van der Waals surface area contributed by atoms with Crippen molar-refractivity contribution in [2.24, 2.45) is 0 Å². The van der Waals surface area contributed by atoms with E-state index < -0.39 is 0 Å². The van der Waals surface area contributed by atoms with E-state index in [0.717, 1.165) is 44.5 Å². The topological polar surface area (TPSA) is 43.6 Å². The van der Waals surface area contributed by atoms with Gasteiger partial charge in [-0.15, -0.1) is 22.7 Å². The molecule has 0 radical (unpaired) electrons. The van der Waals surface area contributed by atoms with E-state index in [-0.39, 0.29) is 0 Å². The molecule has 4 nitrogen and oxygen atoms in total. The molecule has 0 aliphatic rings. The fourth-order valence-electron chi connectivity index (χ4n) is 8.82. The molecule has 300 valence electrons. The normalized spacial score (nSPS) is 12.4. The summed E-state index contributed by atoms with van der Waals surface area (Å²) < 4.78 is 7.78. The molecule has 0 fully saturated rings. The van der Waals surface area contributed by atoms with Crippen molar-refractivity contribution in [3.05, 3.63) is 212 Å². The second-order valence-electron chi connectivity index (χ2n) is 15.4. The fraction of sp³-hybridized carbons (Fsp3) is 0.0351. The van der Waals surface area contributed by atoms with Crippen LogP contribution in [0.15, 0.2) is 201 Å². The first-order valence-electron chi connectivity index (χ1n) is 21.2. The third-order valence-corrected chi connectivity index (χ3v) is 14.0. The standard InChI is InChI=1S/C57H40N4S2/c1-3-5-7-11-25-39-35-40(57-59-50(30-16-8-6-4-2)58-56(60-57)38-23-14-10-15-24-38)36-45(37-21-12-9-13-22-37)53(39)61-46-28-19-17-26-43(46)51-47(61)33-31-41-42-32-34-49-52(55(42)63-54(41)51)44-27-18-20-29-48(44)62-49/h3-29,31-36H,1,30H2,2H3/b6-4-,7-5-,16-8-,25-11+. The molecule has 6 heteroatoms. The Morgan fingerprint density at radius 2 is 1.24 bits per heavy atom. The summed E-state index contributed by atoms with van der Waals surface area (Å²) in [4.78, 5) is 15.3. The summed E-state index contributed by atoms with van der Waals surface area (Å²) in [5, 5.41) is 7.77. The average Bonchev–Trinajstić information content (AvgIpc) is 4.01. The minimum Gasteiger partial charge on any atom is -0.308 e. The summed E-state index contributed by atoms with van der Waals surface area (Å²) >= 11 is 3.80. The monoisotopic (exact) mass is 844 g/mol. The highest BCUT2D eigenvalue weighted by atomic mass is 32.1. The number of allylic oxidation sites excluding steroid dienone is 8. The Morgan fingerprint density at radius 3 is 2.03 bits per heavy atom. The van der Waals surface area contributed by atoms with Crippen LogP contribution in [0.2, 0.25) is 0 Å². The number of aromatic nitrogens is 4. The molecule has 0 bridgehead atoms. The Labute approximate surface area is 373 Å². The zero-order valence-corrected chi connectivity index (χ0v) is 36.2. The number of benzene rings is 7. The van der Waals surface area contributed by atoms with E-state index in [4.69, 9.17) is 15.0 Å². The lowest BCUT2D eigenvalue weighted by molar-refractivity contribution is 0.947. The smallest absolute Gasteiger partial charge is 0.163 e. The van der Waals surface area contributed by atoms with Crippen molar-refractivity contribution in [2.45, 2.75) is 13.3 Å². The van der Waals surface area contributed by atoms with Gasteiger partial charge in [-0.1, -0.05) is 170 Å². The Hall–Kier alpha value is -7.51. The van der Waals surface area contributed by atoms with Gasteiger partial charge in [0.05, 0.1) is 16.7 Å². The zero-order chi connectivity index (χ0) is 42.3. The lowest BCUT2D eigenvalue weighted by Gasteiger charge is -2.19. The molecule has 0 saturated carbocycles. The Kier molecular flexibility index (Phi) is 10.0. The summed E-state index contributed by atoms with van der Waals surface area (Å²) in [5.74, 6) is 1.98. The van der Waals surface area contributed by atoms with Crippen LogP contribution in [0.3, 0.4) is 0 Å². The van der Waals surface area contributed by atoms with Crippen molar-refractivity contribution in [3.8, 4) is 39.6 Å². The summed E-state index contributed by atoms with van der Waals surface area (Å²) in [6.45, 7) is 5.94. The maximum Gasteiger partial charge on any atom is 0.163 e. The van der Waals surface area contributed by atoms with Crippen LogP contribution < -0.4 is 0 Å². The molecule has 11 aromatic rings. The molecule has 11 rings (SSSR count). The summed E-state index contributed by atoms with van der Waals surface area (Å²) in [6.07, 6.45) is 18.8. The number of thiophene rings is 2. The van der Waals surface area contributed by atoms with Crippen molar-refractivity contribution in [1.29, 1.82) is 0 Å². The second kappa shape index (κ2) is 16.4. The van der Waals surface area contributed by atoms with Crippen molar-refractivity contribution in [2.75, 3.05) is 0 Å². The van der Waals surface area contributed by atoms with Crippen LogP contribution >= 0.6 is 22.7 Å². The van der Waals surface area contributed by atoms with Gasteiger partial charge in [0, 0.05) is 74.2 Å². The number of nitrogens with zero attached hydrogens (tertiary/aromatic N) is 4. The van der Waals surface area contributed by atoms with Gasteiger partial charge in [0.25, 0.3) is 0 Å². The third-order valence-electron chi connectivity index (χ3n) is 11.6. The number of rotatable bonds is 10. The van der Waals surface area contributed by atoms with Gasteiger partial charge < -0.3 is 4.57 Å². The molecule has 0 aliphatic carbocycles. The number of para-hydroxylation sites is 1. The first kappa shape index (κ1) is 38.4. The molecule has 0 spiro atoms. The van der Waals surface area contributed by atoms with E-state index in [0.29, 0.717) is 23.9 Å². The molecule has 63 heavy (non-hydrogen) atoms. The van der Waals surface area contributed by atoms with Crippen LogP contribution in [-0.2, 0) is 6.42 Å². The molecular formula is C57H40N4S2. The molecule has 0 aliphatic heterocycles. The predicted molar refractivity (Wildman–Crippen MR) is 272 cm³/mol.